The van der Waals surface area contributed by atoms with Gasteiger partial charge in [0.2, 0.25) is 5.95 Å². The van der Waals surface area contributed by atoms with Gasteiger partial charge in [-0.3, -0.25) is 9.89 Å². The van der Waals surface area contributed by atoms with Gasteiger partial charge in [0.15, 0.2) is 0 Å². The molecule has 146 valence electrons. The van der Waals surface area contributed by atoms with Crippen molar-refractivity contribution in [3.05, 3.63) is 40.7 Å². The monoisotopic (exact) mass is 380 g/mol. The van der Waals surface area contributed by atoms with Crippen LogP contribution < -0.4 is 10.2 Å². The molecule has 2 aromatic heterocycles. The van der Waals surface area contributed by atoms with Crippen LogP contribution in [-0.2, 0) is 26.4 Å². The predicted molar refractivity (Wildman–Crippen MR) is 105 cm³/mol. The number of β-amino-alcohol motifs (C(OH)–C–C–N with tert-alkyl or cyclic N) is 1. The van der Waals surface area contributed by atoms with E-state index in [2.05, 4.69) is 20.4 Å². The number of aryl methyl sites for hydroxylation is 2. The molecule has 8 nitrogen and oxygen atoms in total. The van der Waals surface area contributed by atoms with Gasteiger partial charge >= 0.3 is 0 Å². The van der Waals surface area contributed by atoms with Crippen LogP contribution in [0, 0.1) is 0 Å². The van der Waals surface area contributed by atoms with Crippen LogP contribution in [0.25, 0.3) is 11.0 Å². The number of aromatic amines is 1. The van der Waals surface area contributed by atoms with Gasteiger partial charge in [-0.25, -0.2) is 4.98 Å². The number of H-pyrrole nitrogens is 1. The Morgan fingerprint density at radius 3 is 3.11 bits per heavy atom. The lowest BCUT2D eigenvalue weighted by Gasteiger charge is -2.16. The van der Waals surface area contributed by atoms with Crippen molar-refractivity contribution in [1.82, 2.24) is 25.1 Å². The Kier molecular flexibility index (Phi) is 4.08. The second kappa shape index (κ2) is 6.63. The minimum Gasteiger partial charge on any atom is -0.391 e. The highest BCUT2D eigenvalue weighted by Crippen LogP contribution is 2.26. The first-order valence-corrected chi connectivity index (χ1v) is 9.83. The minimum atomic E-state index is -0.301. The van der Waals surface area contributed by atoms with E-state index in [1.807, 2.05) is 29.8 Å². The maximum atomic E-state index is 12.6. The first-order valence-electron chi connectivity index (χ1n) is 9.83. The summed E-state index contributed by atoms with van der Waals surface area (Å²) in [4.78, 5) is 19.4. The number of aromatic nitrogens is 4. The number of aliphatic hydroxyl groups excluding tert-OH is 1. The zero-order valence-corrected chi connectivity index (χ0v) is 15.9. The van der Waals surface area contributed by atoms with Crippen LogP contribution in [0.5, 0.6) is 0 Å². The lowest BCUT2D eigenvalue weighted by atomic mass is 10.1. The van der Waals surface area contributed by atoms with Crippen LogP contribution in [0.3, 0.4) is 0 Å². The van der Waals surface area contributed by atoms with Gasteiger partial charge in [-0.2, -0.15) is 5.10 Å². The molecule has 1 aromatic carbocycles. The molecule has 0 radical (unpaired) electrons. The number of benzene rings is 1. The molecular formula is C20H24N6O2. The van der Waals surface area contributed by atoms with Crippen molar-refractivity contribution in [3.8, 4) is 0 Å². The first-order chi connectivity index (χ1) is 13.6. The van der Waals surface area contributed by atoms with E-state index in [9.17, 15) is 9.90 Å². The molecule has 8 heteroatoms. The summed E-state index contributed by atoms with van der Waals surface area (Å²) >= 11 is 0. The van der Waals surface area contributed by atoms with E-state index in [-0.39, 0.29) is 12.0 Å². The molecule has 0 saturated carbocycles. The minimum absolute atomic E-state index is 0.125. The van der Waals surface area contributed by atoms with Gasteiger partial charge in [0.05, 0.1) is 29.4 Å². The lowest BCUT2D eigenvalue weighted by molar-refractivity contribution is 0.0950. The van der Waals surface area contributed by atoms with Crippen molar-refractivity contribution in [2.45, 2.75) is 38.3 Å². The molecular weight excluding hydrogens is 356 g/mol. The van der Waals surface area contributed by atoms with Crippen LogP contribution in [0.1, 0.15) is 40.2 Å². The molecule has 3 aromatic rings. The number of fused-ring (bicyclic) bond motifs is 2. The molecule has 1 amide bonds. The third-order valence-electron chi connectivity index (χ3n) is 5.87. The summed E-state index contributed by atoms with van der Waals surface area (Å²) in [5.41, 5.74) is 5.75. The molecule has 2 aliphatic rings. The van der Waals surface area contributed by atoms with Gasteiger partial charge in [0.1, 0.15) is 0 Å². The van der Waals surface area contributed by atoms with E-state index < -0.39 is 0 Å². The molecule has 3 N–H and O–H groups in total. The zero-order chi connectivity index (χ0) is 19.3. The SMILES string of the molecule is Cn1c(N2CC[C@H](O)C2)nc2cc(C(=O)NCc3n[nH]c4c3CCC4)ccc21. The molecule has 1 fully saturated rings. The topological polar surface area (TPSA) is 99.1 Å². The van der Waals surface area contributed by atoms with E-state index in [0.717, 1.165) is 54.9 Å². The Morgan fingerprint density at radius 2 is 2.29 bits per heavy atom. The van der Waals surface area contributed by atoms with E-state index in [4.69, 9.17) is 4.98 Å². The molecule has 5 rings (SSSR count). The Balaban J connectivity index is 1.34. The van der Waals surface area contributed by atoms with Crippen molar-refractivity contribution in [2.75, 3.05) is 18.0 Å². The fourth-order valence-electron chi connectivity index (χ4n) is 4.33. The summed E-state index contributed by atoms with van der Waals surface area (Å²) in [6.07, 6.45) is 3.68. The quantitative estimate of drug-likeness (QED) is 0.633. The Bertz CT molecular complexity index is 1050. The molecule has 1 atom stereocenters. The number of hydrogen-bond donors (Lipinski definition) is 3. The van der Waals surface area contributed by atoms with Crippen molar-refractivity contribution in [2.24, 2.45) is 7.05 Å². The van der Waals surface area contributed by atoms with E-state index in [1.165, 1.54) is 11.3 Å². The highest BCUT2D eigenvalue weighted by atomic mass is 16.3. The average molecular weight is 380 g/mol. The van der Waals surface area contributed by atoms with Crippen LogP contribution in [-0.4, -0.2) is 50.0 Å². The molecule has 3 heterocycles. The molecule has 0 unspecified atom stereocenters. The van der Waals surface area contributed by atoms with Crippen LogP contribution in [0.4, 0.5) is 5.95 Å². The fourth-order valence-corrected chi connectivity index (χ4v) is 4.33. The lowest BCUT2D eigenvalue weighted by Crippen LogP contribution is -2.24. The van der Waals surface area contributed by atoms with Crippen LogP contribution in [0.15, 0.2) is 18.2 Å². The summed E-state index contributed by atoms with van der Waals surface area (Å²) in [6.45, 7) is 1.82. The van der Waals surface area contributed by atoms with Crippen molar-refractivity contribution >= 4 is 22.9 Å². The Morgan fingerprint density at radius 1 is 1.39 bits per heavy atom. The molecule has 0 bridgehead atoms. The highest BCUT2D eigenvalue weighted by Gasteiger charge is 2.24. The van der Waals surface area contributed by atoms with Gasteiger partial charge < -0.3 is 19.9 Å². The van der Waals surface area contributed by atoms with E-state index in [1.54, 1.807) is 0 Å². The normalized spacial score (nSPS) is 18.8. The van der Waals surface area contributed by atoms with Crippen molar-refractivity contribution in [1.29, 1.82) is 0 Å². The zero-order valence-electron chi connectivity index (χ0n) is 15.9. The number of amides is 1. The summed E-state index contributed by atoms with van der Waals surface area (Å²) in [7, 11) is 1.97. The number of nitrogens with one attached hydrogen (secondary N) is 2. The maximum Gasteiger partial charge on any atom is 0.251 e. The largest absolute Gasteiger partial charge is 0.391 e. The Hall–Kier alpha value is -2.87. The van der Waals surface area contributed by atoms with Crippen LogP contribution in [0.2, 0.25) is 0 Å². The smallest absolute Gasteiger partial charge is 0.251 e. The number of imidazole rings is 1. The van der Waals surface area contributed by atoms with Gasteiger partial charge in [-0.1, -0.05) is 0 Å². The van der Waals surface area contributed by atoms with E-state index in [0.29, 0.717) is 18.7 Å². The third kappa shape index (κ3) is 2.84. The summed E-state index contributed by atoms with van der Waals surface area (Å²) < 4.78 is 2.02. The maximum absolute atomic E-state index is 12.6. The van der Waals surface area contributed by atoms with Gasteiger partial charge in [-0.05, 0) is 49.4 Å². The Labute approximate surface area is 162 Å². The third-order valence-corrected chi connectivity index (χ3v) is 5.87. The number of rotatable bonds is 4. The van der Waals surface area contributed by atoms with Gasteiger partial charge in [0.25, 0.3) is 5.91 Å². The highest BCUT2D eigenvalue weighted by molar-refractivity contribution is 5.97. The fraction of sp³-hybridized carbons (Fsp3) is 0.450. The number of carbonyl (C=O) groups is 1. The predicted octanol–water partition coefficient (Wildman–Crippen LogP) is 1.29. The number of hydrogen-bond acceptors (Lipinski definition) is 5. The van der Waals surface area contributed by atoms with E-state index >= 15 is 0 Å². The second-order valence-corrected chi connectivity index (χ2v) is 7.73. The molecule has 1 aliphatic heterocycles. The molecule has 0 spiro atoms. The van der Waals surface area contributed by atoms with Crippen molar-refractivity contribution < 1.29 is 9.90 Å². The summed E-state index contributed by atoms with van der Waals surface area (Å²) in [6, 6.07) is 5.59. The number of anilines is 1. The molecule has 1 aliphatic carbocycles. The average Bonchev–Trinajstić information content (AvgIpc) is 3.44. The van der Waals surface area contributed by atoms with Gasteiger partial charge in [0, 0.05) is 31.4 Å². The summed E-state index contributed by atoms with van der Waals surface area (Å²) in [5, 5.41) is 20.2. The first kappa shape index (κ1) is 17.2. The molecule has 28 heavy (non-hydrogen) atoms. The van der Waals surface area contributed by atoms with Crippen molar-refractivity contribution in [3.63, 3.8) is 0 Å². The number of aliphatic hydroxyl groups is 1. The summed E-state index contributed by atoms with van der Waals surface area (Å²) in [5.74, 6) is 0.705. The van der Waals surface area contributed by atoms with Crippen LogP contribution >= 0.6 is 0 Å². The van der Waals surface area contributed by atoms with Gasteiger partial charge in [-0.15, -0.1) is 0 Å². The standard InChI is InChI=1S/C20H24N6O2/c1-25-18-6-5-12(9-16(18)22-20(25)26-8-7-13(27)11-26)19(28)21-10-17-14-3-2-4-15(14)23-24-17/h5-6,9,13,27H,2-4,7-8,10-11H2,1H3,(H,21,28)(H,23,24)/t13-/m0/s1. The second-order valence-electron chi connectivity index (χ2n) is 7.73. The number of carbonyl (C=O) groups excluding carboxylic acids is 1. The number of nitrogens with zero attached hydrogens (tertiary/aromatic N) is 4. The molecule has 1 saturated heterocycles.